The molecule has 2 rings (SSSR count). The van der Waals surface area contributed by atoms with Crippen molar-refractivity contribution >= 4 is 17.5 Å². The van der Waals surface area contributed by atoms with Crippen LogP contribution in [0, 0.1) is 0 Å². The van der Waals surface area contributed by atoms with E-state index in [0.29, 0.717) is 11.3 Å². The van der Waals surface area contributed by atoms with Crippen molar-refractivity contribution in [1.29, 1.82) is 0 Å². The van der Waals surface area contributed by atoms with E-state index in [1.807, 2.05) is 32.9 Å². The standard InChI is InChI=1S/C21H30N4O2/c1-14(18(26)24-17-12-22-25(13-17)21(5,6)7)23-19(27)15-8-10-16(11-9-15)20(2,3)4/h8-14H,1-7H3,(H,23,27)(H,24,26)/t14-/m0/s1. The molecule has 0 bridgehead atoms. The number of carbonyl (C=O) groups excluding carboxylic acids is 2. The van der Waals surface area contributed by atoms with E-state index < -0.39 is 6.04 Å². The molecule has 146 valence electrons. The molecule has 6 heteroatoms. The fraction of sp³-hybridized carbons (Fsp3) is 0.476. The van der Waals surface area contributed by atoms with Crippen LogP contribution in [0.1, 0.15) is 64.4 Å². The maximum absolute atomic E-state index is 12.4. The van der Waals surface area contributed by atoms with Gasteiger partial charge in [0.05, 0.1) is 17.4 Å². The smallest absolute Gasteiger partial charge is 0.251 e. The number of rotatable bonds is 4. The van der Waals surface area contributed by atoms with E-state index in [1.54, 1.807) is 36.1 Å². The number of hydrogen-bond donors (Lipinski definition) is 2. The van der Waals surface area contributed by atoms with Crippen molar-refractivity contribution in [2.45, 2.75) is 65.5 Å². The van der Waals surface area contributed by atoms with Crippen molar-refractivity contribution in [3.63, 3.8) is 0 Å². The van der Waals surface area contributed by atoms with Crippen LogP contribution in [0.4, 0.5) is 5.69 Å². The highest BCUT2D eigenvalue weighted by atomic mass is 16.2. The van der Waals surface area contributed by atoms with Gasteiger partial charge in [-0.2, -0.15) is 5.10 Å². The van der Waals surface area contributed by atoms with E-state index in [2.05, 4.69) is 36.5 Å². The SMILES string of the molecule is C[C@H](NC(=O)c1ccc(C(C)(C)C)cc1)C(=O)Nc1cnn(C(C)(C)C)c1. The summed E-state index contributed by atoms with van der Waals surface area (Å²) in [5.41, 5.74) is 2.15. The van der Waals surface area contributed by atoms with E-state index in [4.69, 9.17) is 0 Å². The third-order valence-corrected chi connectivity index (χ3v) is 4.29. The zero-order valence-electron chi connectivity index (χ0n) is 17.3. The molecule has 27 heavy (non-hydrogen) atoms. The summed E-state index contributed by atoms with van der Waals surface area (Å²) in [4.78, 5) is 24.8. The second kappa shape index (κ2) is 7.55. The van der Waals surface area contributed by atoms with Gasteiger partial charge in [-0.05, 0) is 50.8 Å². The minimum absolute atomic E-state index is 0.0275. The summed E-state index contributed by atoms with van der Waals surface area (Å²) in [6, 6.07) is 6.79. The predicted molar refractivity (Wildman–Crippen MR) is 108 cm³/mol. The topological polar surface area (TPSA) is 76.0 Å². The molecule has 2 amide bonds. The van der Waals surface area contributed by atoms with Crippen molar-refractivity contribution in [3.8, 4) is 0 Å². The number of nitrogens with one attached hydrogen (secondary N) is 2. The summed E-state index contributed by atoms with van der Waals surface area (Å²) in [5.74, 6) is -0.563. The highest BCUT2D eigenvalue weighted by Crippen LogP contribution is 2.22. The minimum Gasteiger partial charge on any atom is -0.341 e. The zero-order chi connectivity index (χ0) is 20.4. The van der Waals surface area contributed by atoms with E-state index in [9.17, 15) is 9.59 Å². The Morgan fingerprint density at radius 3 is 2.11 bits per heavy atom. The molecule has 0 saturated carbocycles. The number of amides is 2. The van der Waals surface area contributed by atoms with Crippen LogP contribution in [0.15, 0.2) is 36.7 Å². The predicted octanol–water partition coefficient (Wildman–Crippen LogP) is 3.69. The van der Waals surface area contributed by atoms with Gasteiger partial charge in [0.25, 0.3) is 5.91 Å². The molecular weight excluding hydrogens is 340 g/mol. The molecule has 0 fully saturated rings. The Balaban J connectivity index is 1.97. The lowest BCUT2D eigenvalue weighted by molar-refractivity contribution is -0.117. The van der Waals surface area contributed by atoms with Crippen molar-refractivity contribution in [3.05, 3.63) is 47.8 Å². The van der Waals surface area contributed by atoms with Gasteiger partial charge in [0.1, 0.15) is 6.04 Å². The molecule has 6 nitrogen and oxygen atoms in total. The number of benzene rings is 1. The highest BCUT2D eigenvalue weighted by molar-refractivity contribution is 6.00. The average Bonchev–Trinajstić information content (AvgIpc) is 3.02. The summed E-state index contributed by atoms with van der Waals surface area (Å²) in [7, 11) is 0. The van der Waals surface area contributed by atoms with Gasteiger partial charge in [-0.15, -0.1) is 0 Å². The average molecular weight is 370 g/mol. The number of nitrogens with zero attached hydrogens (tertiary/aromatic N) is 2. The van der Waals surface area contributed by atoms with Gasteiger partial charge in [0, 0.05) is 11.8 Å². The Hall–Kier alpha value is -2.63. The normalized spacial score (nSPS) is 13.1. The molecule has 1 aromatic carbocycles. The first-order valence-electron chi connectivity index (χ1n) is 9.15. The van der Waals surface area contributed by atoms with Crippen molar-refractivity contribution < 1.29 is 9.59 Å². The molecule has 0 aliphatic rings. The second-order valence-electron chi connectivity index (χ2n) is 8.86. The van der Waals surface area contributed by atoms with Gasteiger partial charge in [0.2, 0.25) is 5.91 Å². The Bertz CT molecular complexity index is 808. The number of aromatic nitrogens is 2. The van der Waals surface area contributed by atoms with Crippen LogP contribution in [0.3, 0.4) is 0 Å². The number of carbonyl (C=O) groups is 2. The largest absolute Gasteiger partial charge is 0.341 e. The van der Waals surface area contributed by atoms with Crippen LogP contribution >= 0.6 is 0 Å². The molecule has 1 aromatic heterocycles. The van der Waals surface area contributed by atoms with Gasteiger partial charge in [-0.1, -0.05) is 32.9 Å². The molecule has 0 radical (unpaired) electrons. The Morgan fingerprint density at radius 2 is 1.63 bits per heavy atom. The molecular formula is C21H30N4O2. The maximum atomic E-state index is 12.4. The molecule has 0 spiro atoms. The fourth-order valence-corrected chi connectivity index (χ4v) is 2.47. The summed E-state index contributed by atoms with van der Waals surface area (Å²) in [6.45, 7) is 14.1. The molecule has 1 heterocycles. The Kier molecular flexibility index (Phi) is 5.78. The first-order chi connectivity index (χ1) is 12.4. The molecule has 2 aromatic rings. The van der Waals surface area contributed by atoms with Crippen LogP contribution in [-0.4, -0.2) is 27.6 Å². The summed E-state index contributed by atoms with van der Waals surface area (Å²) < 4.78 is 1.78. The lowest BCUT2D eigenvalue weighted by Crippen LogP contribution is -2.41. The van der Waals surface area contributed by atoms with E-state index >= 15 is 0 Å². The first kappa shape index (κ1) is 20.7. The van der Waals surface area contributed by atoms with Crippen LogP contribution in [0.2, 0.25) is 0 Å². The zero-order valence-corrected chi connectivity index (χ0v) is 17.3. The van der Waals surface area contributed by atoms with Gasteiger partial charge in [-0.25, -0.2) is 0 Å². The van der Waals surface area contributed by atoms with Crippen molar-refractivity contribution in [1.82, 2.24) is 15.1 Å². The summed E-state index contributed by atoms with van der Waals surface area (Å²) in [6.07, 6.45) is 3.38. The molecule has 0 aliphatic heterocycles. The summed E-state index contributed by atoms with van der Waals surface area (Å²) >= 11 is 0. The Labute approximate surface area is 161 Å². The highest BCUT2D eigenvalue weighted by Gasteiger charge is 2.20. The Morgan fingerprint density at radius 1 is 1.04 bits per heavy atom. The van der Waals surface area contributed by atoms with Crippen LogP contribution in [-0.2, 0) is 15.7 Å². The third-order valence-electron chi connectivity index (χ3n) is 4.29. The van der Waals surface area contributed by atoms with Crippen LogP contribution < -0.4 is 10.6 Å². The van der Waals surface area contributed by atoms with Crippen LogP contribution in [0.25, 0.3) is 0 Å². The number of hydrogen-bond acceptors (Lipinski definition) is 3. The molecule has 1 atom stereocenters. The van der Waals surface area contributed by atoms with Crippen LogP contribution in [0.5, 0.6) is 0 Å². The van der Waals surface area contributed by atoms with E-state index in [0.717, 1.165) is 5.56 Å². The molecule has 0 unspecified atom stereocenters. The number of anilines is 1. The van der Waals surface area contributed by atoms with Crippen molar-refractivity contribution in [2.75, 3.05) is 5.32 Å². The van der Waals surface area contributed by atoms with Gasteiger partial charge < -0.3 is 10.6 Å². The van der Waals surface area contributed by atoms with Gasteiger partial charge in [0.15, 0.2) is 0 Å². The molecule has 2 N–H and O–H groups in total. The lowest BCUT2D eigenvalue weighted by atomic mass is 9.86. The monoisotopic (exact) mass is 370 g/mol. The van der Waals surface area contributed by atoms with E-state index in [1.165, 1.54) is 0 Å². The third kappa shape index (κ3) is 5.42. The quantitative estimate of drug-likeness (QED) is 0.862. The second-order valence-corrected chi connectivity index (χ2v) is 8.86. The maximum Gasteiger partial charge on any atom is 0.251 e. The summed E-state index contributed by atoms with van der Waals surface area (Å²) in [5, 5.41) is 9.77. The van der Waals surface area contributed by atoms with Gasteiger partial charge >= 0.3 is 0 Å². The van der Waals surface area contributed by atoms with E-state index in [-0.39, 0.29) is 22.8 Å². The van der Waals surface area contributed by atoms with Gasteiger partial charge in [-0.3, -0.25) is 14.3 Å². The molecule has 0 aliphatic carbocycles. The van der Waals surface area contributed by atoms with Crippen molar-refractivity contribution in [2.24, 2.45) is 0 Å². The molecule has 0 saturated heterocycles. The lowest BCUT2D eigenvalue weighted by Gasteiger charge is -2.19. The first-order valence-corrected chi connectivity index (χ1v) is 9.15. The minimum atomic E-state index is -0.669. The fourth-order valence-electron chi connectivity index (χ4n) is 2.47.